The summed E-state index contributed by atoms with van der Waals surface area (Å²) in [5.74, 6) is -2.17. The number of anilines is 2. The Balaban J connectivity index is 1.63. The van der Waals surface area contributed by atoms with Crippen molar-refractivity contribution in [1.29, 1.82) is 0 Å². The fourth-order valence-electron chi connectivity index (χ4n) is 3.23. The van der Waals surface area contributed by atoms with Crippen molar-refractivity contribution in [1.82, 2.24) is 4.68 Å². The first kappa shape index (κ1) is 21.3. The molecule has 1 heterocycles. The lowest BCUT2D eigenvalue weighted by Gasteiger charge is -2.13. The van der Waals surface area contributed by atoms with Gasteiger partial charge in [0.25, 0.3) is 5.91 Å². The van der Waals surface area contributed by atoms with E-state index in [0.29, 0.717) is 16.9 Å². The molecule has 7 nitrogen and oxygen atoms in total. The number of nitrogens with zero attached hydrogens (tertiary/aromatic N) is 1. The smallest absolute Gasteiger partial charge is 0.321 e. The highest BCUT2D eigenvalue weighted by atomic mass is 79.9. The third-order valence-corrected chi connectivity index (χ3v) is 5.33. The first-order valence-corrected chi connectivity index (χ1v) is 10.6. The Morgan fingerprint density at radius 3 is 2.28 bits per heavy atom. The second kappa shape index (κ2) is 9.07. The Labute approximate surface area is 192 Å². The van der Waals surface area contributed by atoms with Crippen molar-refractivity contribution >= 4 is 55.9 Å². The lowest BCUT2D eigenvalue weighted by Crippen LogP contribution is -2.36. The highest BCUT2D eigenvalue weighted by Crippen LogP contribution is 2.24. The second-order valence-corrected chi connectivity index (χ2v) is 8.01. The molecular weight excluding hydrogens is 472 g/mol. The standard InChI is InChI=1S/C24H19BrN4O3/c1-15-7-5-6-10-19(15)27-23(31)24(32)28-29-20-12-11-17(25)13-16(20)14-21(29)22(30)26-18-8-3-2-4-9-18/h2-14H,1H3,(H,26,30)(H,27,31)(H,28,32). The number of rotatable bonds is 4. The maximum absolute atomic E-state index is 13.0. The number of benzene rings is 3. The number of carbonyl (C=O) groups excluding carboxylic acids is 3. The van der Waals surface area contributed by atoms with E-state index < -0.39 is 17.7 Å². The number of aryl methyl sites for hydroxylation is 1. The van der Waals surface area contributed by atoms with Crippen molar-refractivity contribution in [3.8, 4) is 0 Å². The number of fused-ring (bicyclic) bond motifs is 1. The number of nitrogens with one attached hydrogen (secondary N) is 3. The average Bonchev–Trinajstić information content (AvgIpc) is 3.13. The Morgan fingerprint density at radius 1 is 0.812 bits per heavy atom. The van der Waals surface area contributed by atoms with Crippen LogP contribution >= 0.6 is 15.9 Å². The molecule has 3 N–H and O–H groups in total. The SMILES string of the molecule is Cc1ccccc1NC(=O)C(=O)Nn1c(C(=O)Nc2ccccc2)cc2cc(Br)ccc21. The number of hydrogen-bond donors (Lipinski definition) is 3. The normalized spacial score (nSPS) is 10.6. The highest BCUT2D eigenvalue weighted by Gasteiger charge is 2.21. The van der Waals surface area contributed by atoms with Crippen LogP contribution in [0.4, 0.5) is 11.4 Å². The molecule has 1 aromatic heterocycles. The van der Waals surface area contributed by atoms with Crippen LogP contribution in [0.5, 0.6) is 0 Å². The molecule has 4 aromatic rings. The quantitative estimate of drug-likeness (QED) is 0.362. The number of para-hydroxylation sites is 2. The van der Waals surface area contributed by atoms with Crippen molar-refractivity contribution in [3.05, 3.63) is 94.6 Å². The van der Waals surface area contributed by atoms with Crippen LogP contribution in [0, 0.1) is 6.92 Å². The molecule has 3 amide bonds. The molecule has 0 radical (unpaired) electrons. The van der Waals surface area contributed by atoms with E-state index in [0.717, 1.165) is 15.4 Å². The fraction of sp³-hybridized carbons (Fsp3) is 0.0417. The van der Waals surface area contributed by atoms with Crippen LogP contribution < -0.4 is 16.1 Å². The van der Waals surface area contributed by atoms with E-state index in [-0.39, 0.29) is 5.69 Å². The van der Waals surface area contributed by atoms with Gasteiger partial charge >= 0.3 is 11.8 Å². The lowest BCUT2D eigenvalue weighted by molar-refractivity contribution is -0.133. The second-order valence-electron chi connectivity index (χ2n) is 7.10. The molecular formula is C24H19BrN4O3. The summed E-state index contributed by atoms with van der Waals surface area (Å²) in [5, 5.41) is 6.12. The summed E-state index contributed by atoms with van der Waals surface area (Å²) in [7, 11) is 0. The summed E-state index contributed by atoms with van der Waals surface area (Å²) >= 11 is 3.41. The van der Waals surface area contributed by atoms with Gasteiger partial charge in [0, 0.05) is 21.2 Å². The van der Waals surface area contributed by atoms with Crippen molar-refractivity contribution in [2.45, 2.75) is 6.92 Å². The van der Waals surface area contributed by atoms with Crippen LogP contribution in [0.3, 0.4) is 0 Å². The van der Waals surface area contributed by atoms with Crippen LogP contribution in [0.25, 0.3) is 10.9 Å². The summed E-state index contributed by atoms with van der Waals surface area (Å²) in [6, 6.07) is 23.1. The largest absolute Gasteiger partial charge is 0.328 e. The third-order valence-electron chi connectivity index (χ3n) is 4.84. The van der Waals surface area contributed by atoms with Crippen LogP contribution in [0.1, 0.15) is 16.1 Å². The van der Waals surface area contributed by atoms with Gasteiger partial charge in [0.1, 0.15) is 5.69 Å². The first-order chi connectivity index (χ1) is 15.4. The number of aromatic nitrogens is 1. The molecule has 0 saturated carbocycles. The maximum atomic E-state index is 13.0. The zero-order valence-electron chi connectivity index (χ0n) is 17.1. The number of amides is 3. The summed E-state index contributed by atoms with van der Waals surface area (Å²) in [5.41, 5.74) is 5.28. The molecule has 0 saturated heterocycles. The van der Waals surface area contributed by atoms with Crippen molar-refractivity contribution in [2.75, 3.05) is 16.1 Å². The zero-order valence-corrected chi connectivity index (χ0v) is 18.6. The van der Waals surface area contributed by atoms with E-state index in [2.05, 4.69) is 32.0 Å². The molecule has 0 unspecified atom stereocenters. The number of halogens is 1. The van der Waals surface area contributed by atoms with Crippen LogP contribution in [0.15, 0.2) is 83.3 Å². The van der Waals surface area contributed by atoms with Crippen molar-refractivity contribution in [3.63, 3.8) is 0 Å². The van der Waals surface area contributed by atoms with Gasteiger partial charge in [-0.3, -0.25) is 19.8 Å². The monoisotopic (exact) mass is 490 g/mol. The Hall–Kier alpha value is -3.91. The fourth-order valence-corrected chi connectivity index (χ4v) is 3.61. The predicted octanol–water partition coefficient (Wildman–Crippen LogP) is 4.67. The molecule has 0 bridgehead atoms. The third kappa shape index (κ3) is 4.55. The molecule has 0 spiro atoms. The Bertz CT molecular complexity index is 1330. The van der Waals surface area contributed by atoms with Crippen molar-refractivity contribution in [2.24, 2.45) is 0 Å². The summed E-state index contributed by atoms with van der Waals surface area (Å²) in [4.78, 5) is 38.2. The Kier molecular flexibility index (Phi) is 6.04. The maximum Gasteiger partial charge on any atom is 0.328 e. The van der Waals surface area contributed by atoms with E-state index in [1.165, 1.54) is 4.68 Å². The predicted molar refractivity (Wildman–Crippen MR) is 128 cm³/mol. The topological polar surface area (TPSA) is 92.2 Å². The van der Waals surface area contributed by atoms with Gasteiger partial charge in [0.15, 0.2) is 0 Å². The summed E-state index contributed by atoms with van der Waals surface area (Å²) < 4.78 is 2.14. The average molecular weight is 491 g/mol. The van der Waals surface area contributed by atoms with Gasteiger partial charge in [-0.05, 0) is 55.0 Å². The molecule has 160 valence electrons. The van der Waals surface area contributed by atoms with E-state index in [4.69, 9.17) is 0 Å². The summed E-state index contributed by atoms with van der Waals surface area (Å²) in [6.45, 7) is 1.83. The van der Waals surface area contributed by atoms with Crippen molar-refractivity contribution < 1.29 is 14.4 Å². The van der Waals surface area contributed by atoms with Gasteiger partial charge < -0.3 is 10.6 Å². The number of carbonyl (C=O) groups is 3. The molecule has 0 atom stereocenters. The van der Waals surface area contributed by atoms with Gasteiger partial charge in [0.2, 0.25) is 0 Å². The molecule has 0 aliphatic carbocycles. The van der Waals surface area contributed by atoms with E-state index in [9.17, 15) is 14.4 Å². The number of hydrogen-bond acceptors (Lipinski definition) is 3. The minimum atomic E-state index is -0.901. The van der Waals surface area contributed by atoms with Gasteiger partial charge in [0.05, 0.1) is 5.52 Å². The van der Waals surface area contributed by atoms with Gasteiger partial charge in [-0.15, -0.1) is 0 Å². The molecule has 0 aliphatic heterocycles. The van der Waals surface area contributed by atoms with Gasteiger partial charge in [-0.2, -0.15) is 0 Å². The molecule has 3 aromatic carbocycles. The Morgan fingerprint density at radius 2 is 1.53 bits per heavy atom. The summed E-state index contributed by atoms with van der Waals surface area (Å²) in [6.07, 6.45) is 0. The van der Waals surface area contributed by atoms with E-state index in [1.807, 2.05) is 31.2 Å². The lowest BCUT2D eigenvalue weighted by atomic mass is 10.2. The zero-order chi connectivity index (χ0) is 22.7. The van der Waals surface area contributed by atoms with E-state index in [1.54, 1.807) is 54.6 Å². The molecule has 32 heavy (non-hydrogen) atoms. The first-order valence-electron chi connectivity index (χ1n) is 9.78. The minimum Gasteiger partial charge on any atom is -0.321 e. The highest BCUT2D eigenvalue weighted by molar-refractivity contribution is 9.10. The minimum absolute atomic E-state index is 0.180. The molecule has 0 fully saturated rings. The van der Waals surface area contributed by atoms with E-state index >= 15 is 0 Å². The molecule has 4 rings (SSSR count). The molecule has 8 heteroatoms. The van der Waals surface area contributed by atoms with Crippen LogP contribution in [-0.4, -0.2) is 22.4 Å². The van der Waals surface area contributed by atoms with Gasteiger partial charge in [-0.1, -0.05) is 52.3 Å². The van der Waals surface area contributed by atoms with Crippen LogP contribution in [0.2, 0.25) is 0 Å². The van der Waals surface area contributed by atoms with Gasteiger partial charge in [-0.25, -0.2) is 4.68 Å². The molecule has 0 aliphatic rings. The van der Waals surface area contributed by atoms with Crippen LogP contribution in [-0.2, 0) is 9.59 Å².